The van der Waals surface area contributed by atoms with E-state index in [1.807, 2.05) is 24.8 Å². The predicted molar refractivity (Wildman–Crippen MR) is 75.5 cm³/mol. The summed E-state index contributed by atoms with van der Waals surface area (Å²) in [5.41, 5.74) is 0.749. The molecule has 0 aliphatic heterocycles. The summed E-state index contributed by atoms with van der Waals surface area (Å²) in [6.07, 6.45) is 0.703. The van der Waals surface area contributed by atoms with Crippen LogP contribution in [0.15, 0.2) is 30.3 Å². The zero-order valence-electron chi connectivity index (χ0n) is 10.9. The molecule has 2 aromatic rings. The van der Waals surface area contributed by atoms with Gasteiger partial charge in [0.1, 0.15) is 22.6 Å². The maximum Gasteiger partial charge on any atom is 0.138 e. The summed E-state index contributed by atoms with van der Waals surface area (Å²) in [6, 6.07) is 8.10. The van der Waals surface area contributed by atoms with Crippen LogP contribution < -0.4 is 4.90 Å². The van der Waals surface area contributed by atoms with Gasteiger partial charge in [0.25, 0.3) is 0 Å². The third-order valence-electron chi connectivity index (χ3n) is 2.76. The van der Waals surface area contributed by atoms with E-state index in [2.05, 4.69) is 9.97 Å². The summed E-state index contributed by atoms with van der Waals surface area (Å²) in [4.78, 5) is 10.5. The van der Waals surface area contributed by atoms with E-state index in [-0.39, 0.29) is 5.82 Å². The van der Waals surface area contributed by atoms with Gasteiger partial charge in [0, 0.05) is 24.7 Å². The van der Waals surface area contributed by atoms with Crippen molar-refractivity contribution in [1.29, 1.82) is 0 Å². The minimum absolute atomic E-state index is 0.271. The zero-order valence-corrected chi connectivity index (χ0v) is 11.7. The molecule has 0 aliphatic carbocycles. The third-order valence-corrected chi connectivity index (χ3v) is 2.95. The second-order valence-corrected chi connectivity index (χ2v) is 4.43. The lowest BCUT2D eigenvalue weighted by Gasteiger charge is -2.22. The van der Waals surface area contributed by atoms with E-state index in [4.69, 9.17) is 11.6 Å². The smallest absolute Gasteiger partial charge is 0.138 e. The van der Waals surface area contributed by atoms with Gasteiger partial charge in [-0.2, -0.15) is 0 Å². The number of hydrogen-bond acceptors (Lipinski definition) is 3. The van der Waals surface area contributed by atoms with Gasteiger partial charge in [-0.25, -0.2) is 14.4 Å². The van der Waals surface area contributed by atoms with Crippen LogP contribution in [-0.4, -0.2) is 16.5 Å². The lowest BCUT2D eigenvalue weighted by molar-refractivity contribution is 0.627. The minimum atomic E-state index is -0.271. The van der Waals surface area contributed by atoms with Gasteiger partial charge in [-0.15, -0.1) is 0 Å². The number of hydrogen-bond donors (Lipinski definition) is 0. The van der Waals surface area contributed by atoms with Crippen LogP contribution in [0.1, 0.15) is 19.7 Å². The van der Waals surface area contributed by atoms with E-state index >= 15 is 0 Å². The van der Waals surface area contributed by atoms with E-state index in [9.17, 15) is 4.39 Å². The Kier molecular flexibility index (Phi) is 4.32. The molecular weight excluding hydrogens is 265 g/mol. The van der Waals surface area contributed by atoms with Crippen LogP contribution in [0.2, 0.25) is 5.15 Å². The number of anilines is 2. The van der Waals surface area contributed by atoms with Crippen LogP contribution in [0.5, 0.6) is 0 Å². The van der Waals surface area contributed by atoms with Crippen molar-refractivity contribution in [2.75, 3.05) is 11.4 Å². The summed E-state index contributed by atoms with van der Waals surface area (Å²) < 4.78 is 13.3. The Morgan fingerprint density at radius 2 is 2.00 bits per heavy atom. The highest BCUT2D eigenvalue weighted by Gasteiger charge is 2.11. The molecule has 0 saturated carbocycles. The molecule has 0 unspecified atom stereocenters. The summed E-state index contributed by atoms with van der Waals surface area (Å²) in [6.45, 7) is 4.61. The largest absolute Gasteiger partial charge is 0.326 e. The van der Waals surface area contributed by atoms with Gasteiger partial charge < -0.3 is 4.90 Å². The fourth-order valence-electron chi connectivity index (χ4n) is 1.87. The molecule has 3 nitrogen and oxygen atoms in total. The summed E-state index contributed by atoms with van der Waals surface area (Å²) in [5.74, 6) is 1.09. The van der Waals surface area contributed by atoms with Crippen molar-refractivity contribution in [2.24, 2.45) is 0 Å². The molecule has 1 aromatic heterocycles. The molecule has 19 heavy (non-hydrogen) atoms. The molecule has 0 fully saturated rings. The van der Waals surface area contributed by atoms with Crippen molar-refractivity contribution >= 4 is 23.1 Å². The molecule has 2 rings (SSSR count). The van der Waals surface area contributed by atoms with Crippen molar-refractivity contribution < 1.29 is 4.39 Å². The topological polar surface area (TPSA) is 29.0 Å². The highest BCUT2D eigenvalue weighted by molar-refractivity contribution is 6.29. The molecule has 0 spiro atoms. The average molecular weight is 280 g/mol. The molecule has 0 bridgehead atoms. The van der Waals surface area contributed by atoms with Gasteiger partial charge in [-0.05, 0) is 25.1 Å². The minimum Gasteiger partial charge on any atom is -0.326 e. The summed E-state index contributed by atoms with van der Waals surface area (Å²) >= 11 is 6.00. The number of halogens is 2. The van der Waals surface area contributed by atoms with Crippen molar-refractivity contribution in [3.05, 3.63) is 47.1 Å². The Labute approximate surface area is 117 Å². The van der Waals surface area contributed by atoms with Gasteiger partial charge in [0.15, 0.2) is 0 Å². The fourth-order valence-corrected chi connectivity index (χ4v) is 2.06. The Morgan fingerprint density at radius 3 is 2.63 bits per heavy atom. The number of aryl methyl sites for hydroxylation is 1. The first-order valence-corrected chi connectivity index (χ1v) is 6.58. The first-order chi connectivity index (χ1) is 9.13. The van der Waals surface area contributed by atoms with E-state index < -0.39 is 0 Å². The molecule has 0 aliphatic rings. The molecule has 0 atom stereocenters. The summed E-state index contributed by atoms with van der Waals surface area (Å²) in [7, 11) is 0. The Morgan fingerprint density at radius 1 is 1.21 bits per heavy atom. The Bertz CT molecular complexity index is 574. The number of nitrogens with zero attached hydrogens (tertiary/aromatic N) is 3. The Hall–Kier alpha value is -1.68. The maximum atomic E-state index is 13.3. The Balaban J connectivity index is 2.44. The second-order valence-electron chi connectivity index (χ2n) is 4.04. The van der Waals surface area contributed by atoms with Crippen LogP contribution in [0.4, 0.5) is 15.9 Å². The molecular formula is C14H15ClFN3. The molecule has 100 valence electrons. The maximum absolute atomic E-state index is 13.3. The molecule has 0 radical (unpaired) electrons. The van der Waals surface area contributed by atoms with Gasteiger partial charge in [0.2, 0.25) is 0 Å². The summed E-state index contributed by atoms with van der Waals surface area (Å²) in [5, 5.41) is 0.400. The van der Waals surface area contributed by atoms with Gasteiger partial charge in [-0.3, -0.25) is 0 Å². The van der Waals surface area contributed by atoms with Crippen molar-refractivity contribution in [3.8, 4) is 0 Å². The normalized spacial score (nSPS) is 10.5. The number of aromatic nitrogens is 2. The molecule has 1 aromatic carbocycles. The van der Waals surface area contributed by atoms with Crippen LogP contribution in [0, 0.1) is 5.82 Å². The highest BCUT2D eigenvalue weighted by Crippen LogP contribution is 2.25. The molecule has 1 heterocycles. The lowest BCUT2D eigenvalue weighted by Crippen LogP contribution is -2.18. The van der Waals surface area contributed by atoms with Gasteiger partial charge >= 0.3 is 0 Å². The first kappa shape index (κ1) is 13.7. The molecule has 0 N–H and O–H groups in total. The highest BCUT2D eigenvalue weighted by atomic mass is 35.5. The van der Waals surface area contributed by atoms with Crippen LogP contribution >= 0.6 is 11.6 Å². The van der Waals surface area contributed by atoms with Crippen molar-refractivity contribution in [1.82, 2.24) is 9.97 Å². The predicted octanol–water partition coefficient (Wildman–Crippen LogP) is 3.99. The van der Waals surface area contributed by atoms with E-state index in [1.165, 1.54) is 12.1 Å². The molecule has 0 saturated heterocycles. The molecule has 0 amide bonds. The SMILES string of the molecule is CCc1nc(Cl)cc(N(CC)c2cccc(F)c2)n1. The van der Waals surface area contributed by atoms with Crippen molar-refractivity contribution in [2.45, 2.75) is 20.3 Å². The second kappa shape index (κ2) is 5.97. The van der Waals surface area contributed by atoms with Crippen molar-refractivity contribution in [3.63, 3.8) is 0 Å². The molecule has 5 heteroatoms. The standard InChI is InChI=1S/C14H15ClFN3/c1-3-13-17-12(15)9-14(18-13)19(4-2)11-7-5-6-10(16)8-11/h5-9H,3-4H2,1-2H3. The zero-order chi connectivity index (χ0) is 13.8. The van der Waals surface area contributed by atoms with E-state index in [0.29, 0.717) is 29.8 Å². The van der Waals surface area contributed by atoms with Crippen LogP contribution in [0.25, 0.3) is 0 Å². The monoisotopic (exact) mass is 279 g/mol. The first-order valence-electron chi connectivity index (χ1n) is 6.20. The van der Waals surface area contributed by atoms with Crippen LogP contribution in [0.3, 0.4) is 0 Å². The van der Waals surface area contributed by atoms with Gasteiger partial charge in [0.05, 0.1) is 0 Å². The average Bonchev–Trinajstić information content (AvgIpc) is 2.39. The van der Waals surface area contributed by atoms with Gasteiger partial charge in [-0.1, -0.05) is 24.6 Å². The fraction of sp³-hybridized carbons (Fsp3) is 0.286. The number of rotatable bonds is 4. The lowest BCUT2D eigenvalue weighted by atomic mass is 10.2. The quantitative estimate of drug-likeness (QED) is 0.793. The van der Waals surface area contributed by atoms with E-state index in [0.717, 1.165) is 5.69 Å². The van der Waals surface area contributed by atoms with Crippen LogP contribution in [-0.2, 0) is 6.42 Å². The van der Waals surface area contributed by atoms with E-state index in [1.54, 1.807) is 12.1 Å². The third kappa shape index (κ3) is 3.20. The number of benzene rings is 1.